The molecule has 1 aliphatic carbocycles. The highest BCUT2D eigenvalue weighted by Gasteiger charge is 2.28. The summed E-state index contributed by atoms with van der Waals surface area (Å²) in [5, 5.41) is 9.72. The van der Waals surface area contributed by atoms with Gasteiger partial charge in [0, 0.05) is 11.8 Å². The van der Waals surface area contributed by atoms with E-state index in [2.05, 4.69) is 13.5 Å². The molecule has 1 saturated carbocycles. The molecule has 1 aliphatic rings. The van der Waals surface area contributed by atoms with Gasteiger partial charge < -0.3 is 5.11 Å². The van der Waals surface area contributed by atoms with Crippen LogP contribution in [0.3, 0.4) is 0 Å². The third kappa shape index (κ3) is 2.24. The topological polar surface area (TPSA) is 20.2 Å². The van der Waals surface area contributed by atoms with Gasteiger partial charge in [-0.2, -0.15) is 0 Å². The van der Waals surface area contributed by atoms with Crippen LogP contribution in [0.2, 0.25) is 0 Å². The van der Waals surface area contributed by atoms with E-state index in [1.54, 1.807) is 0 Å². The SMILES string of the molecule is C=C(CCl)C1CCC(C)CC1O. The lowest BCUT2D eigenvalue weighted by Crippen LogP contribution is -2.29. The standard InChI is InChI=1S/C10H17ClO/c1-7-3-4-9(8(2)6-11)10(12)5-7/h7,9-10,12H,2-6H2,1H3. The monoisotopic (exact) mass is 188 g/mol. The van der Waals surface area contributed by atoms with Gasteiger partial charge in [0.1, 0.15) is 0 Å². The summed E-state index contributed by atoms with van der Waals surface area (Å²) in [5.74, 6) is 1.38. The Labute approximate surface area is 79.4 Å². The van der Waals surface area contributed by atoms with E-state index >= 15 is 0 Å². The van der Waals surface area contributed by atoms with Crippen LogP contribution in [0.1, 0.15) is 26.2 Å². The van der Waals surface area contributed by atoms with Gasteiger partial charge >= 0.3 is 0 Å². The zero-order chi connectivity index (χ0) is 9.14. The van der Waals surface area contributed by atoms with Crippen molar-refractivity contribution in [3.05, 3.63) is 12.2 Å². The maximum atomic E-state index is 9.72. The van der Waals surface area contributed by atoms with Gasteiger partial charge in [-0.05, 0) is 25.2 Å². The first-order chi connectivity index (χ1) is 5.65. The van der Waals surface area contributed by atoms with Crippen molar-refractivity contribution in [1.82, 2.24) is 0 Å². The van der Waals surface area contributed by atoms with Gasteiger partial charge in [0.15, 0.2) is 0 Å². The lowest BCUT2D eigenvalue weighted by molar-refractivity contribution is 0.0658. The normalized spacial score (nSPS) is 36.4. The predicted octanol–water partition coefficient (Wildman–Crippen LogP) is 2.58. The van der Waals surface area contributed by atoms with E-state index in [1.165, 1.54) is 6.42 Å². The van der Waals surface area contributed by atoms with Crippen LogP contribution in [-0.4, -0.2) is 17.1 Å². The quantitative estimate of drug-likeness (QED) is 0.522. The third-order valence-corrected chi connectivity index (χ3v) is 3.12. The summed E-state index contributed by atoms with van der Waals surface area (Å²) in [6.07, 6.45) is 2.94. The first kappa shape index (κ1) is 10.1. The predicted molar refractivity (Wildman–Crippen MR) is 52.4 cm³/mol. The Hall–Kier alpha value is -0.0100. The van der Waals surface area contributed by atoms with Crippen LogP contribution in [0, 0.1) is 11.8 Å². The van der Waals surface area contributed by atoms with Crippen molar-refractivity contribution in [3.63, 3.8) is 0 Å². The Morgan fingerprint density at radius 3 is 2.75 bits per heavy atom. The van der Waals surface area contributed by atoms with Crippen LogP contribution in [0.15, 0.2) is 12.2 Å². The molecule has 70 valence electrons. The lowest BCUT2D eigenvalue weighted by atomic mass is 9.78. The van der Waals surface area contributed by atoms with Gasteiger partial charge in [0.2, 0.25) is 0 Å². The molecule has 0 bridgehead atoms. The molecule has 0 aromatic heterocycles. The van der Waals surface area contributed by atoms with Gasteiger partial charge in [-0.25, -0.2) is 0 Å². The number of rotatable bonds is 2. The number of aliphatic hydroxyl groups is 1. The Balaban J connectivity index is 2.50. The summed E-state index contributed by atoms with van der Waals surface area (Å²) in [7, 11) is 0. The number of aliphatic hydroxyl groups excluding tert-OH is 1. The molecule has 0 aromatic rings. The summed E-state index contributed by atoms with van der Waals surface area (Å²) < 4.78 is 0. The first-order valence-corrected chi connectivity index (χ1v) is 5.10. The fraction of sp³-hybridized carbons (Fsp3) is 0.800. The van der Waals surface area contributed by atoms with E-state index in [0.717, 1.165) is 18.4 Å². The van der Waals surface area contributed by atoms with E-state index in [-0.39, 0.29) is 12.0 Å². The average molecular weight is 189 g/mol. The summed E-state index contributed by atoms with van der Waals surface area (Å²) in [6, 6.07) is 0. The zero-order valence-corrected chi connectivity index (χ0v) is 8.35. The molecule has 1 N–H and O–H groups in total. The number of hydrogen-bond donors (Lipinski definition) is 1. The van der Waals surface area contributed by atoms with E-state index in [1.807, 2.05) is 0 Å². The fourth-order valence-electron chi connectivity index (χ4n) is 1.93. The van der Waals surface area contributed by atoms with Crippen molar-refractivity contribution in [2.24, 2.45) is 11.8 Å². The molecule has 0 aliphatic heterocycles. The Bertz CT molecular complexity index is 167. The van der Waals surface area contributed by atoms with Crippen LogP contribution in [0.5, 0.6) is 0 Å². The molecule has 0 heterocycles. The van der Waals surface area contributed by atoms with Crippen molar-refractivity contribution in [2.45, 2.75) is 32.3 Å². The fourth-order valence-corrected chi connectivity index (χ4v) is 2.12. The summed E-state index contributed by atoms with van der Waals surface area (Å²) in [6.45, 7) is 6.06. The summed E-state index contributed by atoms with van der Waals surface area (Å²) in [4.78, 5) is 0. The minimum absolute atomic E-state index is 0.208. The maximum absolute atomic E-state index is 9.72. The molecule has 12 heavy (non-hydrogen) atoms. The second-order valence-corrected chi connectivity index (χ2v) is 4.15. The van der Waals surface area contributed by atoms with Crippen LogP contribution in [-0.2, 0) is 0 Å². The maximum Gasteiger partial charge on any atom is 0.0608 e. The smallest absolute Gasteiger partial charge is 0.0608 e. The number of hydrogen-bond acceptors (Lipinski definition) is 1. The molecule has 1 nitrogen and oxygen atoms in total. The average Bonchev–Trinajstić information content (AvgIpc) is 2.03. The van der Waals surface area contributed by atoms with E-state index < -0.39 is 0 Å². The second kappa shape index (κ2) is 4.29. The minimum atomic E-state index is -0.208. The molecule has 3 atom stereocenters. The molecule has 0 radical (unpaired) electrons. The summed E-state index contributed by atoms with van der Waals surface area (Å²) >= 11 is 5.68. The van der Waals surface area contributed by atoms with Crippen LogP contribution >= 0.6 is 11.6 Å². The molecule has 1 rings (SSSR count). The van der Waals surface area contributed by atoms with Crippen molar-refractivity contribution in [1.29, 1.82) is 0 Å². The van der Waals surface area contributed by atoms with Crippen molar-refractivity contribution < 1.29 is 5.11 Å². The highest BCUT2D eigenvalue weighted by Crippen LogP contribution is 2.32. The van der Waals surface area contributed by atoms with Gasteiger partial charge in [0.25, 0.3) is 0 Å². The number of alkyl halides is 1. The third-order valence-electron chi connectivity index (χ3n) is 2.77. The van der Waals surface area contributed by atoms with Crippen molar-refractivity contribution >= 4 is 11.6 Å². The second-order valence-electron chi connectivity index (χ2n) is 3.88. The molecule has 0 spiro atoms. The summed E-state index contributed by atoms with van der Waals surface area (Å²) in [5.41, 5.74) is 0.996. The highest BCUT2D eigenvalue weighted by atomic mass is 35.5. The molecule has 0 saturated heterocycles. The van der Waals surface area contributed by atoms with Gasteiger partial charge in [-0.1, -0.05) is 19.1 Å². The minimum Gasteiger partial charge on any atom is -0.392 e. The molecule has 0 aromatic carbocycles. The Kier molecular flexibility index (Phi) is 3.60. The van der Waals surface area contributed by atoms with Crippen molar-refractivity contribution in [2.75, 3.05) is 5.88 Å². The Morgan fingerprint density at radius 1 is 1.58 bits per heavy atom. The van der Waals surface area contributed by atoms with Crippen LogP contribution in [0.25, 0.3) is 0 Å². The highest BCUT2D eigenvalue weighted by molar-refractivity contribution is 6.19. The molecular weight excluding hydrogens is 172 g/mol. The van der Waals surface area contributed by atoms with Gasteiger partial charge in [-0.3, -0.25) is 0 Å². The van der Waals surface area contributed by atoms with E-state index in [4.69, 9.17) is 11.6 Å². The molecule has 2 heteroatoms. The molecule has 3 unspecified atom stereocenters. The first-order valence-electron chi connectivity index (χ1n) is 4.56. The lowest BCUT2D eigenvalue weighted by Gasteiger charge is -2.32. The number of halogens is 1. The zero-order valence-electron chi connectivity index (χ0n) is 7.59. The van der Waals surface area contributed by atoms with Gasteiger partial charge in [0.05, 0.1) is 6.10 Å². The van der Waals surface area contributed by atoms with Crippen molar-refractivity contribution in [3.8, 4) is 0 Å². The van der Waals surface area contributed by atoms with Gasteiger partial charge in [-0.15, -0.1) is 11.6 Å². The van der Waals surface area contributed by atoms with E-state index in [9.17, 15) is 5.11 Å². The molecule has 1 fully saturated rings. The molecular formula is C10H17ClO. The van der Waals surface area contributed by atoms with Crippen LogP contribution in [0.4, 0.5) is 0 Å². The van der Waals surface area contributed by atoms with Crippen LogP contribution < -0.4 is 0 Å². The Morgan fingerprint density at radius 2 is 2.25 bits per heavy atom. The van der Waals surface area contributed by atoms with E-state index in [0.29, 0.717) is 11.8 Å². The molecule has 0 amide bonds. The largest absolute Gasteiger partial charge is 0.392 e.